The first-order chi connectivity index (χ1) is 9.10. The monoisotopic (exact) mass is 269 g/mol. The molecule has 1 rings (SSSR count). The molecule has 0 aromatic carbocycles. The van der Waals surface area contributed by atoms with Crippen LogP contribution in [-0.2, 0) is 9.59 Å². The molecule has 1 saturated heterocycles. The van der Waals surface area contributed by atoms with E-state index in [0.717, 1.165) is 32.2 Å². The van der Waals surface area contributed by atoms with Crippen LogP contribution in [0.2, 0.25) is 0 Å². The molecule has 0 spiro atoms. The highest BCUT2D eigenvalue weighted by Crippen LogP contribution is 2.19. The molecule has 1 aliphatic rings. The van der Waals surface area contributed by atoms with Crippen molar-refractivity contribution in [2.75, 3.05) is 40.3 Å². The van der Waals surface area contributed by atoms with Crippen molar-refractivity contribution in [1.82, 2.24) is 15.1 Å². The third-order valence-electron chi connectivity index (χ3n) is 3.75. The Morgan fingerprint density at radius 1 is 1.32 bits per heavy atom. The molecular weight excluding hydrogens is 242 g/mol. The molecule has 1 heterocycles. The minimum absolute atomic E-state index is 0.0977. The van der Waals surface area contributed by atoms with Crippen molar-refractivity contribution in [3.8, 4) is 0 Å². The van der Waals surface area contributed by atoms with Crippen LogP contribution in [0, 0.1) is 5.92 Å². The van der Waals surface area contributed by atoms with E-state index < -0.39 is 0 Å². The van der Waals surface area contributed by atoms with E-state index in [1.165, 1.54) is 0 Å². The Kier molecular flexibility index (Phi) is 6.84. The lowest BCUT2D eigenvalue weighted by atomic mass is 9.95. The second kappa shape index (κ2) is 8.15. The van der Waals surface area contributed by atoms with Crippen LogP contribution < -0.4 is 5.32 Å². The van der Waals surface area contributed by atoms with Gasteiger partial charge in [-0.3, -0.25) is 9.59 Å². The van der Waals surface area contributed by atoms with E-state index in [1.807, 2.05) is 16.8 Å². The van der Waals surface area contributed by atoms with E-state index in [1.54, 1.807) is 7.05 Å². The number of nitrogens with one attached hydrogen (secondary N) is 1. The smallest absolute Gasteiger partial charge is 0.236 e. The highest BCUT2D eigenvalue weighted by molar-refractivity contribution is 5.80. The Hall–Kier alpha value is -1.10. The number of amides is 2. The van der Waals surface area contributed by atoms with E-state index in [9.17, 15) is 9.59 Å². The molecule has 5 nitrogen and oxygen atoms in total. The number of hydrogen-bond donors (Lipinski definition) is 1. The fourth-order valence-corrected chi connectivity index (χ4v) is 2.46. The van der Waals surface area contributed by atoms with Crippen LogP contribution in [0.3, 0.4) is 0 Å². The summed E-state index contributed by atoms with van der Waals surface area (Å²) in [4.78, 5) is 27.6. The van der Waals surface area contributed by atoms with Crippen LogP contribution in [0.15, 0.2) is 0 Å². The van der Waals surface area contributed by atoms with E-state index in [2.05, 4.69) is 12.2 Å². The lowest BCUT2D eigenvalue weighted by Crippen LogP contribution is -2.45. The van der Waals surface area contributed by atoms with Gasteiger partial charge in [-0.2, -0.15) is 0 Å². The van der Waals surface area contributed by atoms with Crippen molar-refractivity contribution >= 4 is 11.8 Å². The van der Waals surface area contributed by atoms with Crippen molar-refractivity contribution in [3.05, 3.63) is 0 Å². The minimum atomic E-state index is 0.0977. The number of likely N-dealkylation sites (N-methyl/N-ethyl adjacent to an activating group) is 1. The molecule has 0 aromatic rings. The molecule has 0 atom stereocenters. The van der Waals surface area contributed by atoms with Gasteiger partial charge in [0, 0.05) is 32.6 Å². The first-order valence-corrected chi connectivity index (χ1v) is 7.27. The van der Waals surface area contributed by atoms with Gasteiger partial charge in [-0.1, -0.05) is 13.3 Å². The summed E-state index contributed by atoms with van der Waals surface area (Å²) in [6.45, 7) is 4.77. The molecule has 19 heavy (non-hydrogen) atoms. The maximum atomic E-state index is 12.2. The average molecular weight is 269 g/mol. The summed E-state index contributed by atoms with van der Waals surface area (Å²) in [6, 6.07) is 0. The maximum absolute atomic E-state index is 12.2. The Labute approximate surface area is 116 Å². The summed E-state index contributed by atoms with van der Waals surface area (Å²) in [7, 11) is 3.66. The lowest BCUT2D eigenvalue weighted by molar-refractivity contribution is -0.139. The maximum Gasteiger partial charge on any atom is 0.236 e. The predicted molar refractivity (Wildman–Crippen MR) is 75.8 cm³/mol. The first-order valence-electron chi connectivity index (χ1n) is 7.27. The van der Waals surface area contributed by atoms with Crippen molar-refractivity contribution in [2.24, 2.45) is 5.92 Å². The minimum Gasteiger partial charge on any atom is -0.346 e. The second-order valence-electron chi connectivity index (χ2n) is 5.30. The van der Waals surface area contributed by atoms with Gasteiger partial charge in [0.1, 0.15) is 0 Å². The Balaban J connectivity index is 2.36. The van der Waals surface area contributed by atoms with E-state index in [0.29, 0.717) is 19.6 Å². The van der Waals surface area contributed by atoms with Crippen molar-refractivity contribution in [2.45, 2.75) is 32.6 Å². The fraction of sp³-hybridized carbons (Fsp3) is 0.857. The quantitative estimate of drug-likeness (QED) is 0.772. The number of carbonyl (C=O) groups is 2. The molecule has 5 heteroatoms. The average Bonchev–Trinajstić information content (AvgIpc) is 2.44. The van der Waals surface area contributed by atoms with Crippen LogP contribution in [0.1, 0.15) is 32.6 Å². The standard InChI is InChI=1S/C14H27N3O2/c1-4-5-8-16(3)14(19)12-6-9-17(10-7-12)13(18)11-15-2/h12,15H,4-11H2,1-3H3. The highest BCUT2D eigenvalue weighted by Gasteiger charge is 2.28. The third-order valence-corrected chi connectivity index (χ3v) is 3.75. The van der Waals surface area contributed by atoms with Crippen LogP contribution >= 0.6 is 0 Å². The second-order valence-corrected chi connectivity index (χ2v) is 5.30. The molecule has 1 fully saturated rings. The molecular formula is C14H27N3O2. The number of hydrogen-bond acceptors (Lipinski definition) is 3. The lowest BCUT2D eigenvalue weighted by Gasteiger charge is -2.33. The van der Waals surface area contributed by atoms with Crippen LogP contribution in [0.5, 0.6) is 0 Å². The topological polar surface area (TPSA) is 52.7 Å². The Morgan fingerprint density at radius 3 is 2.47 bits per heavy atom. The fourth-order valence-electron chi connectivity index (χ4n) is 2.46. The van der Waals surface area contributed by atoms with Crippen molar-refractivity contribution in [3.63, 3.8) is 0 Å². The SMILES string of the molecule is CCCCN(C)C(=O)C1CCN(C(=O)CNC)CC1. The Morgan fingerprint density at radius 2 is 1.95 bits per heavy atom. The Bertz CT molecular complexity index is 299. The summed E-state index contributed by atoms with van der Waals surface area (Å²) in [5, 5.41) is 2.87. The normalized spacial score (nSPS) is 16.5. The summed E-state index contributed by atoms with van der Waals surface area (Å²) in [6.07, 6.45) is 3.76. The predicted octanol–water partition coefficient (Wildman–Crippen LogP) is 0.703. The summed E-state index contributed by atoms with van der Waals surface area (Å²) in [5.74, 6) is 0.474. The van der Waals surface area contributed by atoms with Gasteiger partial charge in [-0.15, -0.1) is 0 Å². The van der Waals surface area contributed by atoms with Gasteiger partial charge in [-0.25, -0.2) is 0 Å². The van der Waals surface area contributed by atoms with Crippen LogP contribution in [-0.4, -0.2) is 61.9 Å². The molecule has 0 aromatic heterocycles. The van der Waals surface area contributed by atoms with Crippen LogP contribution in [0.25, 0.3) is 0 Å². The molecule has 0 saturated carbocycles. The zero-order valence-electron chi connectivity index (χ0n) is 12.4. The van der Waals surface area contributed by atoms with Gasteiger partial charge in [0.2, 0.25) is 11.8 Å². The number of piperidine rings is 1. The molecule has 1 aliphatic heterocycles. The first kappa shape index (κ1) is 16.0. The molecule has 2 amide bonds. The molecule has 0 bridgehead atoms. The number of likely N-dealkylation sites (tertiary alicyclic amines) is 1. The number of unbranched alkanes of at least 4 members (excludes halogenated alkanes) is 1. The van der Waals surface area contributed by atoms with Gasteiger partial charge in [0.25, 0.3) is 0 Å². The summed E-state index contributed by atoms with van der Waals surface area (Å²) in [5.41, 5.74) is 0. The number of rotatable bonds is 6. The summed E-state index contributed by atoms with van der Waals surface area (Å²) >= 11 is 0. The zero-order valence-corrected chi connectivity index (χ0v) is 12.4. The molecule has 0 unspecified atom stereocenters. The van der Waals surface area contributed by atoms with Crippen molar-refractivity contribution in [1.29, 1.82) is 0 Å². The highest BCUT2D eigenvalue weighted by atomic mass is 16.2. The van der Waals surface area contributed by atoms with Crippen molar-refractivity contribution < 1.29 is 9.59 Å². The molecule has 0 aliphatic carbocycles. The van der Waals surface area contributed by atoms with Gasteiger partial charge in [-0.05, 0) is 26.3 Å². The van der Waals surface area contributed by atoms with E-state index >= 15 is 0 Å². The summed E-state index contributed by atoms with van der Waals surface area (Å²) < 4.78 is 0. The van der Waals surface area contributed by atoms with Gasteiger partial charge < -0.3 is 15.1 Å². The number of carbonyl (C=O) groups excluding carboxylic acids is 2. The zero-order chi connectivity index (χ0) is 14.3. The van der Waals surface area contributed by atoms with Gasteiger partial charge >= 0.3 is 0 Å². The van der Waals surface area contributed by atoms with Gasteiger partial charge in [0.15, 0.2) is 0 Å². The van der Waals surface area contributed by atoms with Crippen LogP contribution in [0.4, 0.5) is 0 Å². The molecule has 110 valence electrons. The van der Waals surface area contributed by atoms with E-state index in [4.69, 9.17) is 0 Å². The van der Waals surface area contributed by atoms with Gasteiger partial charge in [0.05, 0.1) is 6.54 Å². The number of nitrogens with zero attached hydrogens (tertiary/aromatic N) is 2. The molecule has 1 N–H and O–H groups in total. The van der Waals surface area contributed by atoms with E-state index in [-0.39, 0.29) is 17.7 Å². The third kappa shape index (κ3) is 4.82. The largest absolute Gasteiger partial charge is 0.346 e. The molecule has 0 radical (unpaired) electrons.